The van der Waals surface area contributed by atoms with Crippen molar-refractivity contribution < 1.29 is 4.79 Å². The second kappa shape index (κ2) is 8.74. The Morgan fingerprint density at radius 3 is 1.84 bits per heavy atom. The Labute approximate surface area is 192 Å². The fourth-order valence-corrected chi connectivity index (χ4v) is 4.62. The van der Waals surface area contributed by atoms with E-state index in [9.17, 15) is 4.79 Å². The Morgan fingerprint density at radius 2 is 1.22 bits per heavy atom. The van der Waals surface area contributed by atoms with Crippen molar-refractivity contribution in [2.24, 2.45) is 0 Å². The quantitative estimate of drug-likeness (QED) is 0.295. The normalized spacial score (nSPS) is 12.0. The summed E-state index contributed by atoms with van der Waals surface area (Å²) in [5.74, 6) is 0.907. The van der Waals surface area contributed by atoms with Gasteiger partial charge >= 0.3 is 0 Å². The highest BCUT2D eigenvalue weighted by Gasteiger charge is 2.17. The highest BCUT2D eigenvalue weighted by Crippen LogP contribution is 2.38. The number of carbonyl (C=O) groups excluding carboxylic acids is 1. The molecule has 0 heterocycles. The topological polar surface area (TPSA) is 17.1 Å². The number of aryl methyl sites for hydroxylation is 2. The average Bonchev–Trinajstić information content (AvgIpc) is 3.20. The van der Waals surface area contributed by atoms with E-state index in [1.165, 1.54) is 38.9 Å². The summed E-state index contributed by atoms with van der Waals surface area (Å²) in [6.45, 7) is 13.2. The smallest absolute Gasteiger partial charge is 0.150 e. The fourth-order valence-electron chi connectivity index (χ4n) is 4.62. The van der Waals surface area contributed by atoms with Gasteiger partial charge in [0.15, 0.2) is 6.29 Å². The first-order valence-electron chi connectivity index (χ1n) is 11.5. The van der Waals surface area contributed by atoms with E-state index in [1.54, 1.807) is 0 Å². The molecule has 162 valence electrons. The molecular formula is C31H32O. The summed E-state index contributed by atoms with van der Waals surface area (Å²) in [5.41, 5.74) is 12.9. The maximum Gasteiger partial charge on any atom is 0.150 e. The van der Waals surface area contributed by atoms with Gasteiger partial charge < -0.3 is 0 Å². The number of hydrogen-bond acceptors (Lipinski definition) is 1. The van der Waals surface area contributed by atoms with Crippen molar-refractivity contribution in [3.63, 3.8) is 0 Å². The molecule has 0 aliphatic heterocycles. The molecule has 0 amide bonds. The molecule has 1 heteroatoms. The predicted octanol–water partition coefficient (Wildman–Crippen LogP) is 8.74. The van der Waals surface area contributed by atoms with Crippen LogP contribution in [0.15, 0.2) is 54.6 Å². The third kappa shape index (κ3) is 4.00. The maximum atomic E-state index is 11.9. The van der Waals surface area contributed by atoms with Crippen LogP contribution in [0.5, 0.6) is 0 Å². The number of hydrogen-bond donors (Lipinski definition) is 0. The molecule has 0 aromatic heterocycles. The van der Waals surface area contributed by atoms with Gasteiger partial charge in [0.2, 0.25) is 0 Å². The van der Waals surface area contributed by atoms with Gasteiger partial charge in [0.1, 0.15) is 0 Å². The minimum Gasteiger partial charge on any atom is -0.298 e. The molecule has 0 saturated carbocycles. The number of carbonyl (C=O) groups is 1. The predicted molar refractivity (Wildman–Crippen MR) is 138 cm³/mol. The van der Waals surface area contributed by atoms with Crippen molar-refractivity contribution in [3.8, 4) is 22.3 Å². The molecule has 0 fully saturated rings. The summed E-state index contributed by atoms with van der Waals surface area (Å²) in [6, 6.07) is 19.8. The SMILES string of the molecule is Cc1ccc(C(C)C)cc2ccc(/C=C/c3cc(C=O)c4cc(C(C)C)ccc(C)c3-4)c1-2. The number of aldehydes is 1. The number of rotatable bonds is 5. The standard InChI is InChI=1S/C31H32O/c1-19(2)24-9-7-21(5)30-23(11-13-26(30)15-24)12-14-27-16-28(18-32)29-17-25(20(3)4)10-8-22(6)31(27)29/h7-20H,1-6H3/b14-12+. The molecule has 32 heavy (non-hydrogen) atoms. The van der Waals surface area contributed by atoms with E-state index in [2.05, 4.69) is 102 Å². The van der Waals surface area contributed by atoms with Crippen molar-refractivity contribution >= 4 is 18.4 Å². The highest BCUT2D eigenvalue weighted by atomic mass is 16.1. The minimum atomic E-state index is 0.411. The first-order valence-corrected chi connectivity index (χ1v) is 11.5. The van der Waals surface area contributed by atoms with Crippen LogP contribution in [0, 0.1) is 13.8 Å². The van der Waals surface area contributed by atoms with Gasteiger partial charge in [0.25, 0.3) is 0 Å². The fraction of sp³-hybridized carbons (Fsp3) is 0.258. The van der Waals surface area contributed by atoms with Crippen LogP contribution >= 0.6 is 0 Å². The Kier molecular flexibility index (Phi) is 6.02. The van der Waals surface area contributed by atoms with Gasteiger partial charge in [-0.2, -0.15) is 0 Å². The molecule has 0 atom stereocenters. The largest absolute Gasteiger partial charge is 0.298 e. The van der Waals surface area contributed by atoms with Crippen molar-refractivity contribution in [2.45, 2.75) is 53.4 Å². The van der Waals surface area contributed by atoms with Crippen LogP contribution in [0.4, 0.5) is 0 Å². The molecule has 1 nitrogen and oxygen atoms in total. The summed E-state index contributed by atoms with van der Waals surface area (Å²) in [5, 5.41) is 0. The first kappa shape index (κ1) is 22.0. The van der Waals surface area contributed by atoms with E-state index in [0.29, 0.717) is 11.8 Å². The zero-order valence-corrected chi connectivity index (χ0v) is 20.0. The van der Waals surface area contributed by atoms with Gasteiger partial charge in [-0.1, -0.05) is 88.4 Å². The maximum absolute atomic E-state index is 11.9. The third-order valence-electron chi connectivity index (χ3n) is 6.58. The lowest BCUT2D eigenvalue weighted by Crippen LogP contribution is -1.85. The molecule has 0 unspecified atom stereocenters. The van der Waals surface area contributed by atoms with Crippen LogP contribution in [0.1, 0.15) is 83.3 Å². The summed E-state index contributed by atoms with van der Waals surface area (Å²) in [7, 11) is 0. The van der Waals surface area contributed by atoms with E-state index in [4.69, 9.17) is 0 Å². The van der Waals surface area contributed by atoms with Crippen LogP contribution in [0.25, 0.3) is 34.4 Å². The molecule has 0 saturated heterocycles. The lowest BCUT2D eigenvalue weighted by atomic mass is 9.99. The monoisotopic (exact) mass is 420 g/mol. The van der Waals surface area contributed by atoms with E-state index in [-0.39, 0.29) is 0 Å². The molecular weight excluding hydrogens is 388 g/mol. The van der Waals surface area contributed by atoms with E-state index in [0.717, 1.165) is 28.5 Å². The molecule has 0 aromatic rings. The van der Waals surface area contributed by atoms with Crippen LogP contribution in [-0.4, -0.2) is 6.29 Å². The molecule has 0 aromatic carbocycles. The van der Waals surface area contributed by atoms with Gasteiger partial charge in [-0.25, -0.2) is 0 Å². The summed E-state index contributed by atoms with van der Waals surface area (Å²) in [4.78, 5) is 11.9. The lowest BCUT2D eigenvalue weighted by Gasteiger charge is -2.04. The zero-order chi connectivity index (χ0) is 23.0. The van der Waals surface area contributed by atoms with Gasteiger partial charge in [0, 0.05) is 5.56 Å². The Bertz CT molecular complexity index is 1260. The van der Waals surface area contributed by atoms with Crippen LogP contribution in [-0.2, 0) is 0 Å². The number of fused-ring (bicyclic) bond motifs is 2. The third-order valence-corrected chi connectivity index (χ3v) is 6.58. The zero-order valence-electron chi connectivity index (χ0n) is 20.0. The molecule has 4 aliphatic carbocycles. The Morgan fingerprint density at radius 1 is 0.625 bits per heavy atom. The molecule has 0 bridgehead atoms. The lowest BCUT2D eigenvalue weighted by molar-refractivity contribution is 0.112. The summed E-state index contributed by atoms with van der Waals surface area (Å²) in [6.07, 6.45) is 5.35. The molecule has 4 rings (SSSR count). The van der Waals surface area contributed by atoms with Crippen LogP contribution in [0.3, 0.4) is 0 Å². The Hall–Kier alpha value is -3.19. The minimum absolute atomic E-state index is 0.411. The van der Waals surface area contributed by atoms with Crippen molar-refractivity contribution in [3.05, 3.63) is 93.5 Å². The van der Waals surface area contributed by atoms with Gasteiger partial charge in [-0.15, -0.1) is 0 Å². The van der Waals surface area contributed by atoms with Gasteiger partial charge in [0.05, 0.1) is 0 Å². The average molecular weight is 421 g/mol. The molecule has 0 spiro atoms. The summed E-state index contributed by atoms with van der Waals surface area (Å²) < 4.78 is 0. The highest BCUT2D eigenvalue weighted by molar-refractivity contribution is 5.98. The van der Waals surface area contributed by atoms with Gasteiger partial charge in [-0.3, -0.25) is 4.79 Å². The molecule has 0 N–H and O–H groups in total. The molecule has 0 radical (unpaired) electrons. The second-order valence-electron chi connectivity index (χ2n) is 9.54. The van der Waals surface area contributed by atoms with Crippen LogP contribution in [0.2, 0.25) is 0 Å². The first-order chi connectivity index (χ1) is 15.3. The van der Waals surface area contributed by atoms with Gasteiger partial charge in [-0.05, 0) is 87.4 Å². The van der Waals surface area contributed by atoms with Crippen molar-refractivity contribution in [1.82, 2.24) is 0 Å². The Balaban J connectivity index is 1.81. The van der Waals surface area contributed by atoms with E-state index in [1.807, 2.05) is 6.07 Å². The second-order valence-corrected chi connectivity index (χ2v) is 9.54. The van der Waals surface area contributed by atoms with Crippen molar-refractivity contribution in [1.29, 1.82) is 0 Å². The van der Waals surface area contributed by atoms with E-state index < -0.39 is 0 Å². The van der Waals surface area contributed by atoms with Crippen molar-refractivity contribution in [2.75, 3.05) is 0 Å². The van der Waals surface area contributed by atoms with Crippen LogP contribution < -0.4 is 0 Å². The molecule has 4 aliphatic rings. The summed E-state index contributed by atoms with van der Waals surface area (Å²) >= 11 is 0. The van der Waals surface area contributed by atoms with E-state index >= 15 is 0 Å².